The van der Waals surface area contributed by atoms with E-state index in [0.717, 1.165) is 47.1 Å². The van der Waals surface area contributed by atoms with E-state index in [1.807, 2.05) is 51.1 Å². The summed E-state index contributed by atoms with van der Waals surface area (Å²) in [7, 11) is 2.20. The number of anilines is 3. The summed E-state index contributed by atoms with van der Waals surface area (Å²) in [5, 5.41) is 13.5. The zero-order valence-corrected chi connectivity index (χ0v) is 35.7. The summed E-state index contributed by atoms with van der Waals surface area (Å²) in [6.45, 7) is 5.70. The van der Waals surface area contributed by atoms with Gasteiger partial charge in [0.25, 0.3) is 11.8 Å². The molecule has 0 saturated heterocycles. The maximum Gasteiger partial charge on any atom is 0.389 e. The molecule has 5 aromatic carbocycles. The van der Waals surface area contributed by atoms with E-state index in [1.165, 1.54) is 0 Å². The van der Waals surface area contributed by atoms with E-state index >= 15 is 0 Å². The minimum atomic E-state index is -4.39. The summed E-state index contributed by atoms with van der Waals surface area (Å²) < 4.78 is 84.0. The van der Waals surface area contributed by atoms with Crippen molar-refractivity contribution >= 4 is 68.4 Å². The molecular formula is C46H49F6N5O7. The number of ether oxygens (including phenoxy) is 2. The van der Waals surface area contributed by atoms with E-state index in [4.69, 9.17) is 5.73 Å². The molecule has 0 aromatic heterocycles. The Labute approximate surface area is 365 Å². The molecule has 64 heavy (non-hydrogen) atoms. The van der Waals surface area contributed by atoms with Crippen LogP contribution in [0.5, 0.6) is 0 Å². The number of amides is 4. The normalized spacial score (nSPS) is 12.3. The van der Waals surface area contributed by atoms with Crippen LogP contribution < -0.4 is 27.0 Å². The van der Waals surface area contributed by atoms with Gasteiger partial charge < -0.3 is 36.5 Å². The number of benzene rings is 5. The van der Waals surface area contributed by atoms with Gasteiger partial charge in [0.05, 0.1) is 31.0 Å². The van der Waals surface area contributed by atoms with Crippen molar-refractivity contribution in [1.82, 2.24) is 10.6 Å². The third-order valence-electron chi connectivity index (χ3n) is 9.94. The van der Waals surface area contributed by atoms with E-state index in [9.17, 15) is 50.3 Å². The Morgan fingerprint density at radius 3 is 1.44 bits per heavy atom. The van der Waals surface area contributed by atoms with E-state index < -0.39 is 67.1 Å². The fourth-order valence-electron chi connectivity index (χ4n) is 6.90. The molecule has 0 aliphatic rings. The quantitative estimate of drug-likeness (QED) is 0.0415. The first-order chi connectivity index (χ1) is 30.1. The highest BCUT2D eigenvalue weighted by Gasteiger charge is 2.31. The molecule has 4 amide bonds. The molecule has 0 unspecified atom stereocenters. The number of carbonyl (C=O) groups excluding carboxylic acids is 5. The molecule has 0 saturated carbocycles. The number of alkyl halides is 6. The van der Waals surface area contributed by atoms with Gasteiger partial charge in [-0.05, 0) is 103 Å². The summed E-state index contributed by atoms with van der Waals surface area (Å²) in [6.07, 6.45) is -12.0. The SMILES string of the molecule is COC(=O)[C@H](CCCC(F)(F)F)NC(=O)c1cc2ccccc2cc1N.COC(=O)[C@H](CCCC(F)(F)F)NC(=O)c1cc2ccccc2cc1NC(=O)Nc1c(C)cc(C)cc1C. The van der Waals surface area contributed by atoms with Gasteiger partial charge in [-0.15, -0.1) is 0 Å². The number of nitrogens with two attached hydrogens (primary N) is 1. The van der Waals surface area contributed by atoms with Gasteiger partial charge in [0.2, 0.25) is 0 Å². The number of hydrogen-bond donors (Lipinski definition) is 5. The number of hydrogen-bond acceptors (Lipinski definition) is 8. The predicted octanol–water partition coefficient (Wildman–Crippen LogP) is 9.84. The second kappa shape index (κ2) is 22.0. The fourth-order valence-corrected chi connectivity index (χ4v) is 6.90. The second-order valence-corrected chi connectivity index (χ2v) is 15.0. The van der Waals surface area contributed by atoms with Crippen LogP contribution in [0.15, 0.2) is 84.9 Å². The van der Waals surface area contributed by atoms with E-state index in [-0.39, 0.29) is 48.2 Å². The van der Waals surface area contributed by atoms with Crippen LogP contribution in [0.25, 0.3) is 21.5 Å². The molecule has 18 heteroatoms. The van der Waals surface area contributed by atoms with Gasteiger partial charge in [0.1, 0.15) is 12.1 Å². The zero-order chi connectivity index (χ0) is 47.4. The Bertz CT molecular complexity index is 2470. The Morgan fingerprint density at radius 1 is 0.594 bits per heavy atom. The summed E-state index contributed by atoms with van der Waals surface area (Å²) in [5.74, 6) is -3.05. The number of carbonyl (C=O) groups is 5. The molecule has 0 aliphatic carbocycles. The molecule has 5 aromatic rings. The maximum atomic E-state index is 13.3. The Morgan fingerprint density at radius 2 is 1.00 bits per heavy atom. The summed E-state index contributed by atoms with van der Waals surface area (Å²) in [5.41, 5.74) is 9.89. The van der Waals surface area contributed by atoms with Crippen molar-refractivity contribution in [3.05, 3.63) is 113 Å². The summed E-state index contributed by atoms with van der Waals surface area (Å²) in [4.78, 5) is 62.7. The van der Waals surface area contributed by atoms with Gasteiger partial charge in [-0.25, -0.2) is 14.4 Å². The van der Waals surface area contributed by atoms with Crippen LogP contribution in [-0.2, 0) is 19.1 Å². The van der Waals surface area contributed by atoms with Gasteiger partial charge in [0, 0.05) is 24.2 Å². The van der Waals surface area contributed by atoms with Crippen molar-refractivity contribution in [2.75, 3.05) is 30.6 Å². The fraction of sp³-hybridized carbons (Fsp3) is 0.326. The molecule has 0 fully saturated rings. The molecule has 2 atom stereocenters. The number of urea groups is 1. The maximum absolute atomic E-state index is 13.3. The molecule has 5 rings (SSSR count). The summed E-state index contributed by atoms with van der Waals surface area (Å²) >= 11 is 0. The number of fused-ring (bicyclic) bond motifs is 2. The first-order valence-corrected chi connectivity index (χ1v) is 20.0. The number of halogens is 6. The molecular weight excluding hydrogens is 849 g/mol. The summed E-state index contributed by atoms with van der Waals surface area (Å²) in [6, 6.07) is 21.6. The monoisotopic (exact) mass is 897 g/mol. The molecule has 6 N–H and O–H groups in total. The zero-order valence-electron chi connectivity index (χ0n) is 35.7. The predicted molar refractivity (Wildman–Crippen MR) is 232 cm³/mol. The number of nitrogen functional groups attached to an aromatic ring is 1. The average Bonchev–Trinajstić information content (AvgIpc) is 3.22. The first kappa shape index (κ1) is 49.8. The molecule has 0 bridgehead atoms. The molecule has 0 radical (unpaired) electrons. The number of nitrogens with one attached hydrogen (secondary N) is 4. The first-order valence-electron chi connectivity index (χ1n) is 20.0. The van der Waals surface area contributed by atoms with Crippen LogP contribution in [-0.4, -0.2) is 68.4 Å². The van der Waals surface area contributed by atoms with Gasteiger partial charge in [-0.1, -0.05) is 66.2 Å². The third-order valence-corrected chi connectivity index (χ3v) is 9.94. The molecule has 342 valence electrons. The Kier molecular flexibility index (Phi) is 17.1. The Balaban J connectivity index is 0.000000301. The van der Waals surface area contributed by atoms with Crippen molar-refractivity contribution in [2.45, 2.75) is 83.7 Å². The Hall–Kier alpha value is -6.85. The van der Waals surface area contributed by atoms with Crippen molar-refractivity contribution < 1.29 is 59.8 Å². The van der Waals surface area contributed by atoms with E-state index in [1.54, 1.807) is 54.6 Å². The lowest BCUT2D eigenvalue weighted by Gasteiger charge is -2.19. The van der Waals surface area contributed by atoms with Crippen LogP contribution in [0.4, 0.5) is 48.2 Å². The van der Waals surface area contributed by atoms with Crippen LogP contribution in [0.1, 0.15) is 75.9 Å². The van der Waals surface area contributed by atoms with E-state index in [0.29, 0.717) is 11.1 Å². The lowest BCUT2D eigenvalue weighted by molar-refractivity contribution is -0.145. The van der Waals surface area contributed by atoms with Crippen LogP contribution >= 0.6 is 0 Å². The molecule has 0 aliphatic heterocycles. The second-order valence-electron chi connectivity index (χ2n) is 15.0. The number of methoxy groups -OCH3 is 2. The van der Waals surface area contributed by atoms with Crippen molar-refractivity contribution in [1.29, 1.82) is 0 Å². The van der Waals surface area contributed by atoms with Gasteiger partial charge in [-0.3, -0.25) is 9.59 Å². The van der Waals surface area contributed by atoms with Crippen molar-refractivity contribution in [2.24, 2.45) is 0 Å². The van der Waals surface area contributed by atoms with Crippen molar-refractivity contribution in [3.63, 3.8) is 0 Å². The number of aryl methyl sites for hydroxylation is 3. The standard InChI is InChI=1S/C28H30F3N3O4.C18H19F3N2O3/c1-16-12-17(2)24(18(3)13-16)34-27(37)33-23-15-20-9-6-5-8-19(20)14-21(23)25(35)32-22(26(36)38-4)10-7-11-28(29,30)31;1-26-17(25)15(7-4-8-18(19,20)21)23-16(24)13-9-11-5-2-3-6-12(11)10-14(13)22/h5-6,8-9,12-15,22H,7,10-11H2,1-4H3,(H,32,35)(H2,33,34,37);2-3,5-6,9-10,15H,4,7-8,22H2,1H3,(H,23,24)/t22-;15-/m00/s1. The topological polar surface area (TPSA) is 178 Å². The van der Waals surface area contributed by atoms with Crippen molar-refractivity contribution in [3.8, 4) is 0 Å². The third kappa shape index (κ3) is 14.6. The van der Waals surface area contributed by atoms with Crippen LogP contribution in [0, 0.1) is 20.8 Å². The average molecular weight is 898 g/mol. The highest BCUT2D eigenvalue weighted by molar-refractivity contribution is 6.10. The number of rotatable bonds is 14. The van der Waals surface area contributed by atoms with Crippen LogP contribution in [0.3, 0.4) is 0 Å². The lowest BCUT2D eigenvalue weighted by Crippen LogP contribution is -2.42. The molecule has 0 heterocycles. The molecule has 0 spiro atoms. The number of esters is 2. The minimum Gasteiger partial charge on any atom is -0.467 e. The van der Waals surface area contributed by atoms with Gasteiger partial charge in [0.15, 0.2) is 0 Å². The largest absolute Gasteiger partial charge is 0.467 e. The van der Waals surface area contributed by atoms with Crippen LogP contribution in [0.2, 0.25) is 0 Å². The van der Waals surface area contributed by atoms with Gasteiger partial charge in [-0.2, -0.15) is 26.3 Å². The molecule has 12 nitrogen and oxygen atoms in total. The highest BCUT2D eigenvalue weighted by Crippen LogP contribution is 2.28. The van der Waals surface area contributed by atoms with Gasteiger partial charge >= 0.3 is 30.3 Å². The highest BCUT2D eigenvalue weighted by atomic mass is 19.4. The lowest BCUT2D eigenvalue weighted by atomic mass is 10.0. The smallest absolute Gasteiger partial charge is 0.389 e. The minimum absolute atomic E-state index is 0.0425. The van der Waals surface area contributed by atoms with E-state index in [2.05, 4.69) is 30.7 Å².